The number of carbonyl (C=O) groups is 1. The highest BCUT2D eigenvalue weighted by atomic mass is 79.9. The molecule has 0 radical (unpaired) electrons. The van der Waals surface area contributed by atoms with Crippen LogP contribution in [0.15, 0.2) is 22.7 Å². The minimum atomic E-state index is -0.643. The molecule has 0 spiro atoms. The SMILES string of the molecule is CC(C)(CNc1cc(Br)ccc1C(N)=S)C(N)=O. The summed E-state index contributed by atoms with van der Waals surface area (Å²) in [5.74, 6) is -0.359. The van der Waals surface area contributed by atoms with Gasteiger partial charge >= 0.3 is 0 Å². The van der Waals surface area contributed by atoms with Gasteiger partial charge in [0.25, 0.3) is 0 Å². The normalized spacial score (nSPS) is 11.1. The van der Waals surface area contributed by atoms with Crippen LogP contribution in [0.5, 0.6) is 0 Å². The van der Waals surface area contributed by atoms with Crippen molar-refractivity contribution in [2.24, 2.45) is 16.9 Å². The van der Waals surface area contributed by atoms with E-state index in [9.17, 15) is 4.79 Å². The monoisotopic (exact) mass is 329 g/mol. The first-order valence-electron chi connectivity index (χ1n) is 5.37. The Morgan fingerprint density at radius 2 is 2.06 bits per heavy atom. The summed E-state index contributed by atoms with van der Waals surface area (Å²) >= 11 is 8.36. The number of primary amides is 1. The van der Waals surface area contributed by atoms with E-state index in [0.29, 0.717) is 11.5 Å². The highest BCUT2D eigenvalue weighted by Gasteiger charge is 2.24. The molecule has 1 rings (SSSR count). The zero-order valence-corrected chi connectivity index (χ0v) is 12.7. The van der Waals surface area contributed by atoms with Crippen molar-refractivity contribution in [1.82, 2.24) is 0 Å². The fraction of sp³-hybridized carbons (Fsp3) is 0.333. The molecular weight excluding hydrogens is 314 g/mol. The average Bonchev–Trinajstić information content (AvgIpc) is 2.26. The second kappa shape index (κ2) is 5.67. The molecule has 0 atom stereocenters. The third-order valence-corrected chi connectivity index (χ3v) is 3.35. The van der Waals surface area contributed by atoms with E-state index in [-0.39, 0.29) is 5.91 Å². The maximum absolute atomic E-state index is 11.3. The zero-order valence-electron chi connectivity index (χ0n) is 10.3. The van der Waals surface area contributed by atoms with Crippen LogP contribution in [0.4, 0.5) is 5.69 Å². The van der Waals surface area contributed by atoms with Gasteiger partial charge in [-0.05, 0) is 32.0 Å². The van der Waals surface area contributed by atoms with E-state index in [0.717, 1.165) is 15.7 Å². The van der Waals surface area contributed by atoms with Crippen LogP contribution in [0.1, 0.15) is 19.4 Å². The molecule has 5 N–H and O–H groups in total. The van der Waals surface area contributed by atoms with E-state index in [1.54, 1.807) is 13.8 Å². The Morgan fingerprint density at radius 3 is 2.56 bits per heavy atom. The molecule has 0 saturated heterocycles. The van der Waals surface area contributed by atoms with Crippen LogP contribution in [0, 0.1) is 5.41 Å². The smallest absolute Gasteiger partial charge is 0.224 e. The summed E-state index contributed by atoms with van der Waals surface area (Å²) in [5.41, 5.74) is 11.9. The summed E-state index contributed by atoms with van der Waals surface area (Å²) in [6.45, 7) is 3.97. The van der Waals surface area contributed by atoms with Gasteiger partial charge in [0.05, 0.1) is 5.41 Å². The Balaban J connectivity index is 2.94. The molecule has 1 aromatic carbocycles. The van der Waals surface area contributed by atoms with Crippen LogP contribution in [0.3, 0.4) is 0 Å². The van der Waals surface area contributed by atoms with Crippen molar-refractivity contribution in [3.05, 3.63) is 28.2 Å². The van der Waals surface area contributed by atoms with Crippen molar-refractivity contribution in [1.29, 1.82) is 0 Å². The van der Waals surface area contributed by atoms with E-state index >= 15 is 0 Å². The van der Waals surface area contributed by atoms with Gasteiger partial charge in [-0.15, -0.1) is 0 Å². The summed E-state index contributed by atoms with van der Waals surface area (Å²) in [5, 5.41) is 3.16. The maximum Gasteiger partial charge on any atom is 0.224 e. The number of nitrogens with two attached hydrogens (primary N) is 2. The topological polar surface area (TPSA) is 81.1 Å². The number of nitrogens with one attached hydrogen (secondary N) is 1. The number of halogens is 1. The highest BCUT2D eigenvalue weighted by Crippen LogP contribution is 2.23. The van der Waals surface area contributed by atoms with Crippen LogP contribution in [-0.2, 0) is 4.79 Å². The molecule has 1 aromatic rings. The van der Waals surface area contributed by atoms with E-state index < -0.39 is 5.41 Å². The molecule has 6 heteroatoms. The first-order valence-corrected chi connectivity index (χ1v) is 6.57. The molecule has 4 nitrogen and oxygen atoms in total. The summed E-state index contributed by atoms with van der Waals surface area (Å²) in [7, 11) is 0. The van der Waals surface area contributed by atoms with Crippen molar-refractivity contribution in [2.75, 3.05) is 11.9 Å². The van der Waals surface area contributed by atoms with Crippen molar-refractivity contribution in [3.63, 3.8) is 0 Å². The summed E-state index contributed by atoms with van der Waals surface area (Å²) < 4.78 is 0.905. The largest absolute Gasteiger partial charge is 0.389 e. The Labute approximate surface area is 120 Å². The third-order valence-electron chi connectivity index (χ3n) is 2.63. The molecule has 0 fully saturated rings. The van der Waals surface area contributed by atoms with E-state index in [4.69, 9.17) is 23.7 Å². The Bertz CT molecular complexity index is 488. The maximum atomic E-state index is 11.3. The minimum absolute atomic E-state index is 0.307. The Kier molecular flexibility index (Phi) is 4.70. The van der Waals surface area contributed by atoms with E-state index in [1.165, 1.54) is 0 Å². The second-order valence-electron chi connectivity index (χ2n) is 4.66. The lowest BCUT2D eigenvalue weighted by Gasteiger charge is -2.22. The minimum Gasteiger partial charge on any atom is -0.389 e. The van der Waals surface area contributed by atoms with Crippen molar-refractivity contribution < 1.29 is 4.79 Å². The van der Waals surface area contributed by atoms with Gasteiger partial charge < -0.3 is 16.8 Å². The second-order valence-corrected chi connectivity index (χ2v) is 6.01. The standard InChI is InChI=1S/C12H16BrN3OS/c1-12(2,11(15)17)6-16-9-5-7(13)3-4-8(9)10(14)18/h3-5,16H,6H2,1-2H3,(H2,14,18)(H2,15,17). The van der Waals surface area contributed by atoms with Gasteiger partial charge in [-0.3, -0.25) is 4.79 Å². The summed E-state index contributed by atoms with van der Waals surface area (Å²) in [6, 6.07) is 5.55. The van der Waals surface area contributed by atoms with Crippen LogP contribution in [0.25, 0.3) is 0 Å². The highest BCUT2D eigenvalue weighted by molar-refractivity contribution is 9.10. The van der Waals surface area contributed by atoms with Crippen LogP contribution in [0.2, 0.25) is 0 Å². The van der Waals surface area contributed by atoms with Crippen LogP contribution in [-0.4, -0.2) is 17.4 Å². The first kappa shape index (κ1) is 14.9. The van der Waals surface area contributed by atoms with E-state index in [2.05, 4.69) is 21.2 Å². The Hall–Kier alpha value is -1.14. The van der Waals surface area contributed by atoms with Crippen molar-refractivity contribution in [2.45, 2.75) is 13.8 Å². The van der Waals surface area contributed by atoms with Crippen LogP contribution < -0.4 is 16.8 Å². The lowest BCUT2D eigenvalue weighted by molar-refractivity contribution is -0.125. The number of hydrogen-bond acceptors (Lipinski definition) is 3. The van der Waals surface area contributed by atoms with Crippen molar-refractivity contribution in [3.8, 4) is 0 Å². The molecule has 0 bridgehead atoms. The lowest BCUT2D eigenvalue weighted by atomic mass is 9.92. The molecule has 0 aliphatic heterocycles. The number of anilines is 1. The summed E-state index contributed by atoms with van der Waals surface area (Å²) in [6.07, 6.45) is 0. The van der Waals surface area contributed by atoms with Gasteiger partial charge in [0.15, 0.2) is 0 Å². The molecule has 0 heterocycles. The van der Waals surface area contributed by atoms with Gasteiger partial charge in [0.2, 0.25) is 5.91 Å². The quantitative estimate of drug-likeness (QED) is 0.722. The molecule has 1 amide bonds. The number of carbonyl (C=O) groups excluding carboxylic acids is 1. The molecule has 0 aromatic heterocycles. The Morgan fingerprint density at radius 1 is 1.44 bits per heavy atom. The predicted octanol–water partition coefficient (Wildman–Crippen LogP) is 2.01. The number of rotatable bonds is 5. The van der Waals surface area contributed by atoms with Gasteiger partial charge in [-0.25, -0.2) is 0 Å². The fourth-order valence-electron chi connectivity index (χ4n) is 1.28. The molecule has 0 aliphatic rings. The number of thiocarbonyl (C=S) groups is 1. The van der Waals surface area contributed by atoms with Crippen LogP contribution >= 0.6 is 28.1 Å². The number of amides is 1. The summed E-state index contributed by atoms with van der Waals surface area (Å²) in [4.78, 5) is 11.6. The fourth-order valence-corrected chi connectivity index (χ4v) is 1.82. The zero-order chi connectivity index (χ0) is 13.9. The third kappa shape index (κ3) is 3.68. The molecule has 0 aliphatic carbocycles. The van der Waals surface area contributed by atoms with Crippen molar-refractivity contribution >= 4 is 44.7 Å². The van der Waals surface area contributed by atoms with Gasteiger partial charge in [0.1, 0.15) is 4.99 Å². The lowest BCUT2D eigenvalue weighted by Crippen LogP contribution is -2.37. The molecule has 0 unspecified atom stereocenters. The number of hydrogen-bond donors (Lipinski definition) is 3. The average molecular weight is 330 g/mol. The van der Waals surface area contributed by atoms with Gasteiger partial charge in [-0.1, -0.05) is 28.1 Å². The van der Waals surface area contributed by atoms with Gasteiger partial charge in [-0.2, -0.15) is 0 Å². The molecule has 18 heavy (non-hydrogen) atoms. The molecule has 0 saturated carbocycles. The molecule has 98 valence electrons. The predicted molar refractivity (Wildman–Crippen MR) is 81.5 cm³/mol. The van der Waals surface area contributed by atoms with Gasteiger partial charge in [0, 0.05) is 22.3 Å². The van der Waals surface area contributed by atoms with E-state index in [1.807, 2.05) is 18.2 Å². The first-order chi connectivity index (χ1) is 8.24. The number of benzene rings is 1. The molecular formula is C12H16BrN3OS.